The number of aliphatic carboxylic acids is 1. The Bertz CT molecular complexity index is 802. The van der Waals surface area contributed by atoms with Gasteiger partial charge in [0.25, 0.3) is 0 Å². The molecule has 0 saturated carbocycles. The van der Waals surface area contributed by atoms with Gasteiger partial charge >= 0.3 is 5.97 Å². The summed E-state index contributed by atoms with van der Waals surface area (Å²) in [5, 5.41) is 17.0. The predicted molar refractivity (Wildman–Crippen MR) is 137 cm³/mol. The maximum Gasteiger partial charge on any atom is 0.326 e. The van der Waals surface area contributed by atoms with Crippen LogP contribution in [0, 0.1) is 5.92 Å². The monoisotopic (exact) mass is 529 g/mol. The molecule has 0 spiro atoms. The summed E-state index contributed by atoms with van der Waals surface area (Å²) >= 11 is 0. The Kier molecular flexibility index (Phi) is 16.2. The number of nitrogens with zero attached hydrogens (tertiary/aromatic N) is 1. The van der Waals surface area contributed by atoms with Crippen molar-refractivity contribution in [3.05, 3.63) is 0 Å². The molecule has 4 unspecified atom stereocenters. The molecule has 0 rings (SSSR count). The molecular formula is C22H43N9O6. The first kappa shape index (κ1) is 33.5. The highest BCUT2D eigenvalue weighted by atomic mass is 16.4. The Labute approximate surface area is 216 Å². The fourth-order valence-electron chi connectivity index (χ4n) is 3.19. The van der Waals surface area contributed by atoms with E-state index in [-0.39, 0.29) is 50.5 Å². The van der Waals surface area contributed by atoms with Crippen LogP contribution >= 0.6 is 0 Å². The molecule has 0 fully saturated rings. The number of rotatable bonds is 19. The third-order valence-corrected chi connectivity index (χ3v) is 5.47. The van der Waals surface area contributed by atoms with Crippen LogP contribution in [-0.4, -0.2) is 77.9 Å². The fraction of sp³-hybridized carbons (Fsp3) is 0.727. The molecule has 212 valence electrons. The summed E-state index contributed by atoms with van der Waals surface area (Å²) < 4.78 is 0. The van der Waals surface area contributed by atoms with Gasteiger partial charge in [0, 0.05) is 13.0 Å². The average molecular weight is 530 g/mol. The Morgan fingerprint density at radius 2 is 1.30 bits per heavy atom. The number of carbonyl (C=O) groups excluding carboxylic acids is 4. The van der Waals surface area contributed by atoms with Gasteiger partial charge in [-0.05, 0) is 51.0 Å². The van der Waals surface area contributed by atoms with E-state index < -0.39 is 53.8 Å². The van der Waals surface area contributed by atoms with E-state index in [1.165, 1.54) is 0 Å². The first-order valence-corrected chi connectivity index (χ1v) is 12.2. The number of hydrogen-bond donors (Lipinski definition) is 9. The molecule has 0 bridgehead atoms. The van der Waals surface area contributed by atoms with E-state index in [4.69, 9.17) is 28.7 Å². The van der Waals surface area contributed by atoms with E-state index in [0.717, 1.165) is 0 Å². The number of amides is 4. The molecule has 0 aromatic carbocycles. The number of aliphatic imine (C=N–C) groups is 1. The molecule has 4 atom stereocenters. The molecular weight excluding hydrogens is 486 g/mol. The number of nitrogens with two attached hydrogens (primary N) is 5. The number of nitrogens with one attached hydrogen (secondary N) is 3. The Morgan fingerprint density at radius 3 is 1.78 bits per heavy atom. The minimum Gasteiger partial charge on any atom is -0.480 e. The summed E-state index contributed by atoms with van der Waals surface area (Å²) in [6, 6.07) is -4.46. The molecule has 0 aromatic rings. The van der Waals surface area contributed by atoms with Crippen LogP contribution in [0.2, 0.25) is 0 Å². The number of guanidine groups is 1. The van der Waals surface area contributed by atoms with E-state index in [9.17, 15) is 29.1 Å². The zero-order chi connectivity index (χ0) is 28.5. The second-order valence-corrected chi connectivity index (χ2v) is 9.03. The van der Waals surface area contributed by atoms with Crippen molar-refractivity contribution in [2.45, 2.75) is 83.0 Å². The first-order valence-electron chi connectivity index (χ1n) is 12.2. The average Bonchev–Trinajstić information content (AvgIpc) is 2.81. The SMILES string of the molecule is CC(C)C(N)C(=O)NC(CCC(N)=O)C(=O)NC(CCCCN)C(=O)NC(CCCN=C(N)N)C(=O)O. The molecule has 15 nitrogen and oxygen atoms in total. The van der Waals surface area contributed by atoms with Crippen LogP contribution in [0.25, 0.3) is 0 Å². The molecule has 0 heterocycles. The molecule has 15 heteroatoms. The summed E-state index contributed by atoms with van der Waals surface area (Å²) in [4.78, 5) is 65.2. The Hall–Kier alpha value is -3.46. The van der Waals surface area contributed by atoms with Gasteiger partial charge in [-0.15, -0.1) is 0 Å². The second kappa shape index (κ2) is 17.9. The van der Waals surface area contributed by atoms with E-state index >= 15 is 0 Å². The number of carboxylic acids is 1. The van der Waals surface area contributed by atoms with Gasteiger partial charge in [0.15, 0.2) is 5.96 Å². The zero-order valence-electron chi connectivity index (χ0n) is 21.6. The van der Waals surface area contributed by atoms with E-state index in [1.807, 2.05) is 0 Å². The lowest BCUT2D eigenvalue weighted by atomic mass is 10.0. The lowest BCUT2D eigenvalue weighted by molar-refractivity contribution is -0.142. The summed E-state index contributed by atoms with van der Waals surface area (Å²) in [5.41, 5.74) is 27.1. The number of carbonyl (C=O) groups is 5. The number of primary amides is 1. The van der Waals surface area contributed by atoms with Crippen molar-refractivity contribution < 1.29 is 29.1 Å². The normalized spacial score (nSPS) is 14.1. The maximum atomic E-state index is 13.0. The molecule has 0 aromatic heterocycles. The topological polar surface area (TPSA) is 284 Å². The van der Waals surface area contributed by atoms with Crippen molar-refractivity contribution in [1.82, 2.24) is 16.0 Å². The summed E-state index contributed by atoms with van der Waals surface area (Å²) in [7, 11) is 0. The van der Waals surface area contributed by atoms with Crippen molar-refractivity contribution >= 4 is 35.6 Å². The lowest BCUT2D eigenvalue weighted by Crippen LogP contribution is -2.57. The van der Waals surface area contributed by atoms with Crippen LogP contribution in [0.1, 0.15) is 58.8 Å². The molecule has 0 saturated heterocycles. The van der Waals surface area contributed by atoms with E-state index in [0.29, 0.717) is 19.4 Å². The molecule has 0 aliphatic rings. The predicted octanol–water partition coefficient (Wildman–Crippen LogP) is -3.04. The van der Waals surface area contributed by atoms with Crippen LogP contribution in [0.3, 0.4) is 0 Å². The van der Waals surface area contributed by atoms with Crippen LogP contribution in [0.15, 0.2) is 4.99 Å². The van der Waals surface area contributed by atoms with E-state index in [2.05, 4.69) is 20.9 Å². The standard InChI is InChI=1S/C22H43N9O6/c1-12(2)17(25)20(35)30-14(8-9-16(24)32)19(34)29-13(6-3-4-10-23)18(33)31-15(21(36)37)7-5-11-28-22(26)27/h12-15,17H,3-11,23,25H2,1-2H3,(H2,24,32)(H,29,34)(H,30,35)(H,31,33)(H,36,37)(H4,26,27,28). The highest BCUT2D eigenvalue weighted by Gasteiger charge is 2.30. The molecule has 4 amide bonds. The lowest BCUT2D eigenvalue weighted by Gasteiger charge is -2.25. The maximum absolute atomic E-state index is 13.0. The Morgan fingerprint density at radius 1 is 0.784 bits per heavy atom. The van der Waals surface area contributed by atoms with Gasteiger partial charge in [-0.25, -0.2) is 4.79 Å². The summed E-state index contributed by atoms with van der Waals surface area (Å²) in [6.07, 6.45) is 1.21. The van der Waals surface area contributed by atoms with Gasteiger partial charge in [0.2, 0.25) is 23.6 Å². The minimum absolute atomic E-state index is 0.0473. The smallest absolute Gasteiger partial charge is 0.326 e. The minimum atomic E-state index is -1.26. The van der Waals surface area contributed by atoms with Crippen LogP contribution in [0.4, 0.5) is 0 Å². The third kappa shape index (κ3) is 14.6. The number of hydrogen-bond acceptors (Lipinski definition) is 8. The van der Waals surface area contributed by atoms with Gasteiger partial charge in [-0.2, -0.15) is 0 Å². The van der Waals surface area contributed by atoms with Crippen LogP contribution in [-0.2, 0) is 24.0 Å². The number of unbranched alkanes of at least 4 members (excludes halogenated alkanes) is 1. The van der Waals surface area contributed by atoms with Gasteiger partial charge in [0.1, 0.15) is 18.1 Å². The quantitative estimate of drug-likeness (QED) is 0.0463. The van der Waals surface area contributed by atoms with Crippen molar-refractivity contribution in [2.75, 3.05) is 13.1 Å². The van der Waals surface area contributed by atoms with Crippen molar-refractivity contribution in [3.63, 3.8) is 0 Å². The molecule has 0 radical (unpaired) electrons. The van der Waals surface area contributed by atoms with Crippen LogP contribution in [0.5, 0.6) is 0 Å². The largest absolute Gasteiger partial charge is 0.480 e. The highest BCUT2D eigenvalue weighted by Crippen LogP contribution is 2.07. The van der Waals surface area contributed by atoms with Gasteiger partial charge in [-0.1, -0.05) is 13.8 Å². The second-order valence-electron chi connectivity index (χ2n) is 9.03. The zero-order valence-corrected chi connectivity index (χ0v) is 21.6. The number of carboxylic acid groups (broad SMARTS) is 1. The highest BCUT2D eigenvalue weighted by molar-refractivity contribution is 5.94. The third-order valence-electron chi connectivity index (χ3n) is 5.47. The van der Waals surface area contributed by atoms with Crippen molar-refractivity contribution in [3.8, 4) is 0 Å². The fourth-order valence-corrected chi connectivity index (χ4v) is 3.19. The first-order chi connectivity index (χ1) is 17.3. The van der Waals surface area contributed by atoms with Crippen molar-refractivity contribution in [2.24, 2.45) is 39.6 Å². The van der Waals surface area contributed by atoms with Gasteiger partial charge in [0.05, 0.1) is 6.04 Å². The van der Waals surface area contributed by atoms with Gasteiger partial charge < -0.3 is 49.7 Å². The molecule has 0 aliphatic carbocycles. The summed E-state index contributed by atoms with van der Waals surface area (Å²) in [6.45, 7) is 4.00. The molecule has 37 heavy (non-hydrogen) atoms. The van der Waals surface area contributed by atoms with Gasteiger partial charge in [-0.3, -0.25) is 24.2 Å². The molecule has 14 N–H and O–H groups in total. The van der Waals surface area contributed by atoms with Crippen molar-refractivity contribution in [1.29, 1.82) is 0 Å². The summed E-state index contributed by atoms with van der Waals surface area (Å²) in [5.74, 6) is -4.35. The van der Waals surface area contributed by atoms with Crippen LogP contribution < -0.4 is 44.6 Å². The molecule has 0 aliphatic heterocycles. The Balaban J connectivity index is 5.56. The van der Waals surface area contributed by atoms with E-state index in [1.54, 1.807) is 13.8 Å².